The van der Waals surface area contributed by atoms with Crippen molar-refractivity contribution in [3.05, 3.63) is 70.1 Å². The number of halogens is 2. The molecule has 3 rings (SSSR count). The van der Waals surface area contributed by atoms with Gasteiger partial charge in [-0.1, -0.05) is 13.3 Å². The number of anilines is 1. The van der Waals surface area contributed by atoms with Crippen molar-refractivity contribution >= 4 is 22.6 Å². The second kappa shape index (κ2) is 8.21. The molecule has 1 aromatic heterocycles. The van der Waals surface area contributed by atoms with Gasteiger partial charge in [-0.15, -0.1) is 0 Å². The highest BCUT2D eigenvalue weighted by atomic mass is 19.1. The fourth-order valence-corrected chi connectivity index (χ4v) is 2.84. The Labute approximate surface area is 159 Å². The fraction of sp³-hybridized carbons (Fsp3) is 0.238. The lowest BCUT2D eigenvalue weighted by Gasteiger charge is -2.15. The quantitative estimate of drug-likeness (QED) is 0.636. The third-order valence-electron chi connectivity index (χ3n) is 4.19. The summed E-state index contributed by atoms with van der Waals surface area (Å²) in [6.07, 6.45) is 0.658. The van der Waals surface area contributed by atoms with E-state index in [1.807, 2.05) is 6.92 Å². The molecule has 0 aliphatic heterocycles. The lowest BCUT2D eigenvalue weighted by atomic mass is 10.1. The van der Waals surface area contributed by atoms with Crippen molar-refractivity contribution in [3.63, 3.8) is 0 Å². The number of rotatable bonds is 6. The van der Waals surface area contributed by atoms with Gasteiger partial charge in [-0.2, -0.15) is 0 Å². The highest BCUT2D eigenvalue weighted by Gasteiger charge is 2.17. The number of aryl methyl sites for hydroxylation is 1. The molecule has 0 aliphatic rings. The molecule has 5 nitrogen and oxygen atoms in total. The second-order valence-corrected chi connectivity index (χ2v) is 6.37. The summed E-state index contributed by atoms with van der Waals surface area (Å²) in [5.41, 5.74) is 0.657. The first-order valence-corrected chi connectivity index (χ1v) is 8.86. The molecule has 0 spiro atoms. The maximum absolute atomic E-state index is 13.7. The van der Waals surface area contributed by atoms with Crippen LogP contribution in [0.1, 0.15) is 25.8 Å². The molecular weight excluding hydrogens is 368 g/mol. The summed E-state index contributed by atoms with van der Waals surface area (Å²) in [5.74, 6) is -1.89. The Morgan fingerprint density at radius 3 is 2.68 bits per heavy atom. The molecule has 1 atom stereocenters. The van der Waals surface area contributed by atoms with E-state index in [1.165, 1.54) is 19.1 Å². The van der Waals surface area contributed by atoms with Gasteiger partial charge in [0.15, 0.2) is 6.10 Å². The molecule has 0 radical (unpaired) electrons. The first-order chi connectivity index (χ1) is 13.4. The van der Waals surface area contributed by atoms with Crippen molar-refractivity contribution in [2.75, 3.05) is 5.32 Å². The van der Waals surface area contributed by atoms with E-state index in [1.54, 1.807) is 12.1 Å². The molecule has 146 valence electrons. The predicted molar refractivity (Wildman–Crippen MR) is 102 cm³/mol. The van der Waals surface area contributed by atoms with E-state index in [9.17, 15) is 18.4 Å². The predicted octanol–water partition coefficient (Wildman–Crippen LogP) is 4.43. The van der Waals surface area contributed by atoms with Crippen LogP contribution in [0.4, 0.5) is 14.5 Å². The second-order valence-electron chi connectivity index (χ2n) is 6.37. The van der Waals surface area contributed by atoms with Crippen LogP contribution >= 0.6 is 0 Å². The van der Waals surface area contributed by atoms with E-state index in [0.717, 1.165) is 35.9 Å². The lowest BCUT2D eigenvalue weighted by molar-refractivity contribution is -0.122. The minimum Gasteiger partial charge on any atom is -0.481 e. The van der Waals surface area contributed by atoms with E-state index in [0.29, 0.717) is 17.4 Å². The summed E-state index contributed by atoms with van der Waals surface area (Å²) in [6, 6.07) is 9.31. The van der Waals surface area contributed by atoms with Gasteiger partial charge in [0.2, 0.25) is 0 Å². The van der Waals surface area contributed by atoms with Crippen molar-refractivity contribution in [2.24, 2.45) is 0 Å². The Morgan fingerprint density at radius 1 is 1.18 bits per heavy atom. The van der Waals surface area contributed by atoms with Gasteiger partial charge in [-0.25, -0.2) is 13.6 Å². The zero-order chi connectivity index (χ0) is 20.3. The molecule has 7 heteroatoms. The molecule has 1 heterocycles. The number of carbonyl (C=O) groups excluding carboxylic acids is 1. The van der Waals surface area contributed by atoms with Gasteiger partial charge in [0, 0.05) is 23.6 Å². The number of hydrogen-bond acceptors (Lipinski definition) is 4. The number of amides is 1. The van der Waals surface area contributed by atoms with Crippen LogP contribution in [-0.2, 0) is 11.2 Å². The smallest absolute Gasteiger partial charge is 0.336 e. The topological polar surface area (TPSA) is 68.5 Å². The van der Waals surface area contributed by atoms with Crippen LogP contribution in [0.25, 0.3) is 11.0 Å². The summed E-state index contributed by atoms with van der Waals surface area (Å²) in [6.45, 7) is 3.51. The number of hydrogen-bond donors (Lipinski definition) is 1. The van der Waals surface area contributed by atoms with Gasteiger partial charge in [-0.3, -0.25) is 4.79 Å². The normalized spacial score (nSPS) is 12.0. The summed E-state index contributed by atoms with van der Waals surface area (Å²) < 4.78 is 37.5. The zero-order valence-electron chi connectivity index (χ0n) is 15.4. The SMILES string of the molecule is CCCc1cc(=O)oc2cc(OC(C)C(=O)Nc3ccc(F)cc3F)ccc12. The van der Waals surface area contributed by atoms with Gasteiger partial charge >= 0.3 is 5.63 Å². The molecule has 0 aliphatic carbocycles. The molecule has 0 saturated heterocycles. The van der Waals surface area contributed by atoms with Crippen LogP contribution in [0.2, 0.25) is 0 Å². The van der Waals surface area contributed by atoms with Gasteiger partial charge < -0.3 is 14.5 Å². The maximum Gasteiger partial charge on any atom is 0.336 e. The van der Waals surface area contributed by atoms with Crippen molar-refractivity contribution < 1.29 is 22.7 Å². The Bertz CT molecular complexity index is 1080. The van der Waals surface area contributed by atoms with Gasteiger partial charge in [0.05, 0.1) is 5.69 Å². The Hall–Kier alpha value is -3.22. The largest absolute Gasteiger partial charge is 0.481 e. The minimum atomic E-state index is -0.965. The van der Waals surface area contributed by atoms with Crippen molar-refractivity contribution in [1.82, 2.24) is 0 Å². The summed E-state index contributed by atoms with van der Waals surface area (Å²) in [4.78, 5) is 24.0. The zero-order valence-corrected chi connectivity index (χ0v) is 15.4. The Balaban J connectivity index is 1.77. The molecule has 1 N–H and O–H groups in total. The maximum atomic E-state index is 13.7. The number of benzene rings is 2. The molecule has 2 aromatic carbocycles. The fourth-order valence-electron chi connectivity index (χ4n) is 2.84. The average Bonchev–Trinajstić information content (AvgIpc) is 2.63. The van der Waals surface area contributed by atoms with Crippen LogP contribution in [0.3, 0.4) is 0 Å². The number of ether oxygens (including phenoxy) is 1. The van der Waals surface area contributed by atoms with Crippen LogP contribution in [-0.4, -0.2) is 12.0 Å². The summed E-state index contributed by atoms with van der Waals surface area (Å²) >= 11 is 0. The van der Waals surface area contributed by atoms with E-state index in [2.05, 4.69) is 5.32 Å². The third kappa shape index (κ3) is 4.36. The van der Waals surface area contributed by atoms with E-state index in [-0.39, 0.29) is 5.69 Å². The summed E-state index contributed by atoms with van der Waals surface area (Å²) in [7, 11) is 0. The molecular formula is C21H19F2NO4. The Morgan fingerprint density at radius 2 is 1.96 bits per heavy atom. The Kier molecular flexibility index (Phi) is 5.73. The number of nitrogens with one attached hydrogen (secondary N) is 1. The van der Waals surface area contributed by atoms with Crippen LogP contribution in [0.5, 0.6) is 5.75 Å². The third-order valence-corrected chi connectivity index (χ3v) is 4.19. The highest BCUT2D eigenvalue weighted by Crippen LogP contribution is 2.24. The molecule has 1 amide bonds. The van der Waals surface area contributed by atoms with Crippen LogP contribution in [0.15, 0.2) is 51.7 Å². The van der Waals surface area contributed by atoms with E-state index < -0.39 is 29.3 Å². The average molecular weight is 387 g/mol. The standard InChI is InChI=1S/C21H19F2NO4/c1-3-4-13-9-20(25)28-19-11-15(6-7-16(13)19)27-12(2)21(26)24-18-8-5-14(22)10-17(18)23/h5-12H,3-4H2,1-2H3,(H,24,26). The molecule has 0 fully saturated rings. The van der Waals surface area contributed by atoms with Gasteiger partial charge in [0.25, 0.3) is 5.91 Å². The number of carbonyl (C=O) groups is 1. The number of fused-ring (bicyclic) bond motifs is 1. The monoisotopic (exact) mass is 387 g/mol. The lowest BCUT2D eigenvalue weighted by Crippen LogP contribution is -2.30. The van der Waals surface area contributed by atoms with Crippen LogP contribution < -0.4 is 15.7 Å². The van der Waals surface area contributed by atoms with Crippen molar-refractivity contribution in [1.29, 1.82) is 0 Å². The van der Waals surface area contributed by atoms with E-state index >= 15 is 0 Å². The van der Waals surface area contributed by atoms with Crippen molar-refractivity contribution in [2.45, 2.75) is 32.8 Å². The van der Waals surface area contributed by atoms with Gasteiger partial charge in [-0.05, 0) is 43.2 Å². The molecule has 0 saturated carbocycles. The summed E-state index contributed by atoms with van der Waals surface area (Å²) in [5, 5.41) is 3.16. The molecule has 28 heavy (non-hydrogen) atoms. The molecule has 1 unspecified atom stereocenters. The van der Waals surface area contributed by atoms with E-state index in [4.69, 9.17) is 9.15 Å². The first-order valence-electron chi connectivity index (χ1n) is 8.86. The van der Waals surface area contributed by atoms with Crippen LogP contribution in [0, 0.1) is 11.6 Å². The first kappa shape index (κ1) is 19.5. The molecule has 3 aromatic rings. The minimum absolute atomic E-state index is 0.143. The van der Waals surface area contributed by atoms with Gasteiger partial charge in [0.1, 0.15) is 23.0 Å². The molecule has 0 bridgehead atoms. The highest BCUT2D eigenvalue weighted by molar-refractivity contribution is 5.94. The van der Waals surface area contributed by atoms with Crippen molar-refractivity contribution in [3.8, 4) is 5.75 Å².